The molecule has 2 aromatic carbocycles. The van der Waals surface area contributed by atoms with E-state index in [1.54, 1.807) is 16.7 Å². The smallest absolute Gasteiger partial charge is 0.416 e. The summed E-state index contributed by atoms with van der Waals surface area (Å²) in [6, 6.07) is 13.4. The SMILES string of the molecule is CC1(COc2ccc(N3CCN(Cc4ccc(C(F)(F)F)cc4)CC3)cc2)CCn2cc([N+](=O)[O-])nc2O1. The minimum atomic E-state index is -4.32. The second-order valence-electron chi connectivity index (χ2n) is 9.87. The summed E-state index contributed by atoms with van der Waals surface area (Å²) < 4.78 is 51.9. The number of aryl methyl sites for hydroxylation is 1. The Kier molecular flexibility index (Phi) is 6.91. The number of imidazole rings is 1. The number of piperazine rings is 1. The summed E-state index contributed by atoms with van der Waals surface area (Å²) in [5.74, 6) is 0.459. The minimum Gasteiger partial charge on any atom is -0.489 e. The standard InChI is InChI=1S/C26H28F3N5O4/c1-25(10-11-33-17-23(34(35)36)30-24(33)38-25)18-37-22-8-6-21(7-9-22)32-14-12-31(13-15-32)16-19-2-4-20(5-3-19)26(27,28)29/h2-9,17H,10-16,18H2,1H3. The van der Waals surface area contributed by atoms with Gasteiger partial charge in [0.15, 0.2) is 0 Å². The number of anilines is 1. The molecule has 3 aromatic rings. The molecule has 38 heavy (non-hydrogen) atoms. The van der Waals surface area contributed by atoms with E-state index in [1.165, 1.54) is 6.20 Å². The molecule has 0 radical (unpaired) electrons. The maximum atomic E-state index is 12.8. The first-order valence-corrected chi connectivity index (χ1v) is 12.3. The lowest BCUT2D eigenvalue weighted by Gasteiger charge is -2.36. The molecule has 0 N–H and O–H groups in total. The van der Waals surface area contributed by atoms with Gasteiger partial charge in [-0.1, -0.05) is 12.1 Å². The molecular weight excluding hydrogens is 503 g/mol. The average Bonchev–Trinajstić information content (AvgIpc) is 3.32. The number of nitrogens with zero attached hydrogens (tertiary/aromatic N) is 5. The number of hydrogen-bond donors (Lipinski definition) is 0. The Morgan fingerprint density at radius 1 is 1.05 bits per heavy atom. The molecule has 1 saturated heterocycles. The number of nitro groups is 1. The van der Waals surface area contributed by atoms with Crippen LogP contribution in [0.15, 0.2) is 54.7 Å². The third-order valence-electron chi connectivity index (χ3n) is 6.94. The monoisotopic (exact) mass is 531 g/mol. The topological polar surface area (TPSA) is 85.9 Å². The highest BCUT2D eigenvalue weighted by Gasteiger charge is 2.37. The fourth-order valence-electron chi connectivity index (χ4n) is 4.66. The Labute approximate surface area is 217 Å². The second-order valence-corrected chi connectivity index (χ2v) is 9.87. The number of rotatable bonds is 7. The third-order valence-corrected chi connectivity index (χ3v) is 6.94. The molecule has 1 fully saturated rings. The first-order chi connectivity index (χ1) is 18.1. The van der Waals surface area contributed by atoms with Crippen LogP contribution in [0.1, 0.15) is 24.5 Å². The predicted molar refractivity (Wildman–Crippen MR) is 133 cm³/mol. The molecule has 2 aliphatic rings. The number of alkyl halides is 3. The Hall–Kier alpha value is -3.80. The second kappa shape index (κ2) is 10.2. The quantitative estimate of drug-likeness (QED) is 0.321. The highest BCUT2D eigenvalue weighted by Crippen LogP contribution is 2.31. The largest absolute Gasteiger partial charge is 0.489 e. The maximum absolute atomic E-state index is 12.8. The van der Waals surface area contributed by atoms with Crippen LogP contribution in [-0.2, 0) is 19.3 Å². The molecule has 0 bridgehead atoms. The van der Waals surface area contributed by atoms with E-state index in [1.807, 2.05) is 31.2 Å². The van der Waals surface area contributed by atoms with Crippen molar-refractivity contribution >= 4 is 11.5 Å². The van der Waals surface area contributed by atoms with Crippen molar-refractivity contribution in [1.29, 1.82) is 0 Å². The number of fused-ring (bicyclic) bond motifs is 1. The van der Waals surface area contributed by atoms with Crippen LogP contribution in [0.25, 0.3) is 0 Å². The van der Waals surface area contributed by atoms with Crippen molar-refractivity contribution in [1.82, 2.24) is 14.5 Å². The maximum Gasteiger partial charge on any atom is 0.416 e. The molecule has 5 rings (SSSR count). The summed E-state index contributed by atoms with van der Waals surface area (Å²) in [7, 11) is 0. The minimum absolute atomic E-state index is 0.224. The van der Waals surface area contributed by atoms with Gasteiger partial charge < -0.3 is 24.5 Å². The van der Waals surface area contributed by atoms with Gasteiger partial charge in [0.1, 0.15) is 24.2 Å². The highest BCUT2D eigenvalue weighted by atomic mass is 19.4. The van der Waals surface area contributed by atoms with Crippen molar-refractivity contribution in [3.05, 3.63) is 76.0 Å². The third kappa shape index (κ3) is 5.85. The van der Waals surface area contributed by atoms with E-state index >= 15 is 0 Å². The fraction of sp³-hybridized carbons (Fsp3) is 0.423. The molecule has 0 amide bonds. The van der Waals surface area contributed by atoms with Crippen molar-refractivity contribution in [3.8, 4) is 11.8 Å². The van der Waals surface area contributed by atoms with E-state index in [4.69, 9.17) is 9.47 Å². The van der Waals surface area contributed by atoms with Crippen molar-refractivity contribution in [2.45, 2.75) is 38.2 Å². The van der Waals surface area contributed by atoms with Crippen LogP contribution in [-0.4, -0.2) is 57.8 Å². The van der Waals surface area contributed by atoms with E-state index in [9.17, 15) is 23.3 Å². The number of ether oxygens (including phenoxy) is 2. The summed E-state index contributed by atoms with van der Waals surface area (Å²) in [5, 5.41) is 11.0. The molecule has 9 nitrogen and oxygen atoms in total. The van der Waals surface area contributed by atoms with Gasteiger partial charge >= 0.3 is 18.0 Å². The molecule has 3 heterocycles. The summed E-state index contributed by atoms with van der Waals surface area (Å²) in [6.45, 7) is 6.58. The number of halogens is 3. The molecule has 1 atom stereocenters. The number of benzene rings is 2. The molecule has 2 aliphatic heterocycles. The average molecular weight is 532 g/mol. The van der Waals surface area contributed by atoms with Gasteiger partial charge in [0.25, 0.3) is 0 Å². The van der Waals surface area contributed by atoms with E-state index in [2.05, 4.69) is 14.8 Å². The Morgan fingerprint density at radius 3 is 2.37 bits per heavy atom. The Morgan fingerprint density at radius 2 is 1.74 bits per heavy atom. The van der Waals surface area contributed by atoms with Gasteiger partial charge in [0.2, 0.25) is 0 Å². The number of aromatic nitrogens is 2. The van der Waals surface area contributed by atoms with Gasteiger partial charge in [0.05, 0.1) is 5.56 Å². The van der Waals surface area contributed by atoms with Gasteiger partial charge in [-0.3, -0.25) is 9.47 Å². The Balaban J connectivity index is 1.10. The zero-order valence-electron chi connectivity index (χ0n) is 20.9. The zero-order valence-corrected chi connectivity index (χ0v) is 20.9. The van der Waals surface area contributed by atoms with Crippen LogP contribution >= 0.6 is 0 Å². The summed E-state index contributed by atoms with van der Waals surface area (Å²) in [4.78, 5) is 18.9. The van der Waals surface area contributed by atoms with E-state index in [0.717, 1.165) is 49.6 Å². The van der Waals surface area contributed by atoms with Crippen molar-refractivity contribution in [2.75, 3.05) is 37.7 Å². The van der Waals surface area contributed by atoms with Gasteiger partial charge in [-0.25, -0.2) is 0 Å². The van der Waals surface area contributed by atoms with Crippen LogP contribution < -0.4 is 14.4 Å². The summed E-state index contributed by atoms with van der Waals surface area (Å²) in [6.07, 6.45) is -2.31. The van der Waals surface area contributed by atoms with Gasteiger partial charge in [-0.05, 0) is 53.8 Å². The molecule has 0 spiro atoms. The number of hydrogen-bond acceptors (Lipinski definition) is 7. The molecule has 0 saturated carbocycles. The Bertz CT molecular complexity index is 1270. The molecule has 0 aliphatic carbocycles. The first kappa shape index (κ1) is 25.8. The summed E-state index contributed by atoms with van der Waals surface area (Å²) >= 11 is 0. The molecule has 1 unspecified atom stereocenters. The van der Waals surface area contributed by atoms with E-state index < -0.39 is 22.3 Å². The first-order valence-electron chi connectivity index (χ1n) is 12.3. The zero-order chi connectivity index (χ0) is 26.9. The van der Waals surface area contributed by atoms with Crippen LogP contribution in [0, 0.1) is 10.1 Å². The van der Waals surface area contributed by atoms with Crippen molar-refractivity contribution in [2.24, 2.45) is 0 Å². The molecule has 12 heteroatoms. The van der Waals surface area contributed by atoms with Crippen LogP contribution in [0.4, 0.5) is 24.7 Å². The predicted octanol–water partition coefficient (Wildman–Crippen LogP) is 4.75. The van der Waals surface area contributed by atoms with Gasteiger partial charge in [-0.15, -0.1) is 0 Å². The van der Waals surface area contributed by atoms with Crippen molar-refractivity contribution in [3.63, 3.8) is 0 Å². The van der Waals surface area contributed by atoms with Crippen LogP contribution in [0.3, 0.4) is 0 Å². The van der Waals surface area contributed by atoms with Crippen LogP contribution in [0.5, 0.6) is 11.8 Å². The lowest BCUT2D eigenvalue weighted by atomic mass is 10.0. The molecule has 1 aromatic heterocycles. The molecular formula is C26H28F3N5O4. The lowest BCUT2D eigenvalue weighted by Crippen LogP contribution is -2.46. The lowest BCUT2D eigenvalue weighted by molar-refractivity contribution is -0.389. The normalized spacial score (nSPS) is 20.1. The van der Waals surface area contributed by atoms with Crippen molar-refractivity contribution < 1.29 is 27.6 Å². The fourth-order valence-corrected chi connectivity index (χ4v) is 4.66. The van der Waals surface area contributed by atoms with Gasteiger partial charge in [0, 0.05) is 56.4 Å². The van der Waals surface area contributed by atoms with E-state index in [0.29, 0.717) is 25.3 Å². The van der Waals surface area contributed by atoms with E-state index in [-0.39, 0.29) is 18.4 Å². The van der Waals surface area contributed by atoms with Gasteiger partial charge in [-0.2, -0.15) is 13.2 Å². The highest BCUT2D eigenvalue weighted by molar-refractivity contribution is 5.49. The summed E-state index contributed by atoms with van der Waals surface area (Å²) in [5.41, 5.74) is 0.654. The van der Waals surface area contributed by atoms with Crippen LogP contribution in [0.2, 0.25) is 0 Å². The molecule has 202 valence electrons.